The third-order valence-corrected chi connectivity index (χ3v) is 3.53. The summed E-state index contributed by atoms with van der Waals surface area (Å²) >= 11 is 5.82. The average Bonchev–Trinajstić information content (AvgIpc) is 2.49. The average molecular weight is 352 g/mol. The largest absolute Gasteiger partial charge is 0.507 e. The smallest absolute Gasteiger partial charge is 0.342 e. The van der Waals surface area contributed by atoms with Gasteiger partial charge in [0.05, 0.1) is 10.7 Å². The molecule has 0 spiro atoms. The van der Waals surface area contributed by atoms with Crippen molar-refractivity contribution < 1.29 is 23.8 Å². The number of benzene rings is 2. The Morgan fingerprint density at radius 3 is 2.58 bits per heavy atom. The van der Waals surface area contributed by atoms with Gasteiger partial charge in [-0.05, 0) is 49.7 Å². The molecule has 2 rings (SSSR count). The van der Waals surface area contributed by atoms with E-state index in [-0.39, 0.29) is 22.0 Å². The third kappa shape index (κ3) is 4.23. The van der Waals surface area contributed by atoms with E-state index in [1.807, 2.05) is 0 Å². The maximum absolute atomic E-state index is 13.0. The van der Waals surface area contributed by atoms with Crippen molar-refractivity contribution in [1.82, 2.24) is 0 Å². The molecule has 0 aromatic heterocycles. The van der Waals surface area contributed by atoms with Gasteiger partial charge in [-0.25, -0.2) is 9.18 Å². The van der Waals surface area contributed by atoms with Crippen molar-refractivity contribution >= 4 is 29.2 Å². The number of anilines is 1. The van der Waals surface area contributed by atoms with Crippen molar-refractivity contribution in [3.05, 3.63) is 58.4 Å². The third-order valence-electron chi connectivity index (χ3n) is 3.22. The van der Waals surface area contributed by atoms with Crippen LogP contribution in [0.1, 0.15) is 22.8 Å². The summed E-state index contributed by atoms with van der Waals surface area (Å²) in [6, 6.07) is 7.96. The van der Waals surface area contributed by atoms with Crippen molar-refractivity contribution in [2.45, 2.75) is 20.0 Å². The minimum absolute atomic E-state index is 0.0260. The van der Waals surface area contributed by atoms with Gasteiger partial charge >= 0.3 is 5.97 Å². The molecule has 1 amide bonds. The lowest BCUT2D eigenvalue weighted by molar-refractivity contribution is -0.123. The SMILES string of the molecule is Cc1ccc(C(=O)OC(C)C(=O)Nc2ccc(F)cc2Cl)c(O)c1. The number of phenols is 1. The summed E-state index contributed by atoms with van der Waals surface area (Å²) < 4.78 is 18.0. The molecular formula is C17H15ClFNO4. The molecule has 0 heterocycles. The molecule has 0 radical (unpaired) electrons. The van der Waals surface area contributed by atoms with Crippen LogP contribution in [0.5, 0.6) is 5.75 Å². The topological polar surface area (TPSA) is 75.6 Å². The number of carbonyl (C=O) groups excluding carboxylic acids is 2. The van der Waals surface area contributed by atoms with Crippen LogP contribution in [0.25, 0.3) is 0 Å². The van der Waals surface area contributed by atoms with Gasteiger partial charge in [0, 0.05) is 0 Å². The lowest BCUT2D eigenvalue weighted by Gasteiger charge is -2.15. The van der Waals surface area contributed by atoms with Crippen LogP contribution in [0.15, 0.2) is 36.4 Å². The molecule has 0 fully saturated rings. The lowest BCUT2D eigenvalue weighted by Crippen LogP contribution is -2.30. The molecule has 1 unspecified atom stereocenters. The Morgan fingerprint density at radius 1 is 1.25 bits per heavy atom. The van der Waals surface area contributed by atoms with E-state index in [2.05, 4.69) is 5.32 Å². The van der Waals surface area contributed by atoms with Gasteiger partial charge in [0.2, 0.25) is 0 Å². The zero-order chi connectivity index (χ0) is 17.9. The molecule has 24 heavy (non-hydrogen) atoms. The van der Waals surface area contributed by atoms with Gasteiger partial charge in [-0.3, -0.25) is 4.79 Å². The van der Waals surface area contributed by atoms with Crippen LogP contribution in [-0.4, -0.2) is 23.1 Å². The zero-order valence-corrected chi connectivity index (χ0v) is 13.7. The zero-order valence-electron chi connectivity index (χ0n) is 13.0. The van der Waals surface area contributed by atoms with Crippen LogP contribution in [0.4, 0.5) is 10.1 Å². The van der Waals surface area contributed by atoms with E-state index in [9.17, 15) is 19.1 Å². The molecule has 1 atom stereocenters. The molecule has 126 valence electrons. The number of amides is 1. The standard InChI is InChI=1S/C17H15ClFNO4/c1-9-3-5-12(15(21)7-9)17(23)24-10(2)16(22)20-14-6-4-11(19)8-13(14)18/h3-8,10,21H,1-2H3,(H,20,22). The second-order valence-electron chi connectivity index (χ2n) is 5.18. The highest BCUT2D eigenvalue weighted by atomic mass is 35.5. The van der Waals surface area contributed by atoms with Crippen molar-refractivity contribution in [3.8, 4) is 5.75 Å². The van der Waals surface area contributed by atoms with E-state index >= 15 is 0 Å². The Labute approximate surface area is 143 Å². The Hall–Kier alpha value is -2.60. The number of carbonyl (C=O) groups is 2. The molecule has 2 aromatic carbocycles. The highest BCUT2D eigenvalue weighted by Crippen LogP contribution is 2.23. The van der Waals surface area contributed by atoms with Crippen molar-refractivity contribution in [3.63, 3.8) is 0 Å². The number of hydrogen-bond donors (Lipinski definition) is 2. The molecule has 0 aliphatic heterocycles. The Morgan fingerprint density at radius 2 is 1.96 bits per heavy atom. The van der Waals surface area contributed by atoms with Gasteiger partial charge < -0.3 is 15.2 Å². The van der Waals surface area contributed by atoms with Crippen LogP contribution in [0, 0.1) is 12.7 Å². The number of phenolic OH excluding ortho intramolecular Hbond substituents is 1. The Balaban J connectivity index is 2.04. The van der Waals surface area contributed by atoms with Crippen molar-refractivity contribution in [1.29, 1.82) is 0 Å². The predicted octanol–water partition coefficient (Wildman–Crippen LogP) is 3.68. The van der Waals surface area contributed by atoms with Gasteiger partial charge in [0.25, 0.3) is 5.91 Å². The van der Waals surface area contributed by atoms with Crippen LogP contribution in [0.2, 0.25) is 5.02 Å². The summed E-state index contributed by atoms with van der Waals surface area (Å²) in [6.07, 6.45) is -1.14. The number of halogens is 2. The highest BCUT2D eigenvalue weighted by molar-refractivity contribution is 6.33. The fourth-order valence-electron chi connectivity index (χ4n) is 1.92. The van der Waals surface area contributed by atoms with Crippen molar-refractivity contribution in [2.75, 3.05) is 5.32 Å². The maximum Gasteiger partial charge on any atom is 0.342 e. The maximum atomic E-state index is 13.0. The summed E-state index contributed by atoms with van der Waals surface area (Å²) in [7, 11) is 0. The monoisotopic (exact) mass is 351 g/mol. The summed E-state index contributed by atoms with van der Waals surface area (Å²) in [5.74, 6) is -2.23. The number of aromatic hydroxyl groups is 1. The van der Waals surface area contributed by atoms with Crippen LogP contribution < -0.4 is 5.32 Å². The second-order valence-corrected chi connectivity index (χ2v) is 5.59. The van der Waals surface area contributed by atoms with Gasteiger partial charge in [0.15, 0.2) is 6.10 Å². The molecule has 2 N–H and O–H groups in total. The fraction of sp³-hybridized carbons (Fsp3) is 0.176. The summed E-state index contributed by atoms with van der Waals surface area (Å²) in [5, 5.41) is 12.2. The molecule has 5 nitrogen and oxygen atoms in total. The first-order chi connectivity index (χ1) is 11.3. The van der Waals surface area contributed by atoms with Crippen LogP contribution >= 0.6 is 11.6 Å². The lowest BCUT2D eigenvalue weighted by atomic mass is 10.1. The van der Waals surface area contributed by atoms with Gasteiger partial charge in [-0.2, -0.15) is 0 Å². The van der Waals surface area contributed by atoms with Gasteiger partial charge in [-0.15, -0.1) is 0 Å². The first kappa shape index (κ1) is 17.7. The van der Waals surface area contributed by atoms with Gasteiger partial charge in [-0.1, -0.05) is 17.7 Å². The Kier molecular flexibility index (Phi) is 5.41. The van der Waals surface area contributed by atoms with E-state index < -0.39 is 23.8 Å². The number of hydrogen-bond acceptors (Lipinski definition) is 4. The van der Waals surface area contributed by atoms with Gasteiger partial charge in [0.1, 0.15) is 17.1 Å². The number of rotatable bonds is 4. The first-order valence-corrected chi connectivity index (χ1v) is 7.42. The minimum atomic E-state index is -1.14. The first-order valence-electron chi connectivity index (χ1n) is 7.04. The molecule has 7 heteroatoms. The molecule has 0 saturated carbocycles. The molecule has 0 aliphatic rings. The number of nitrogens with one attached hydrogen (secondary N) is 1. The quantitative estimate of drug-likeness (QED) is 0.824. The van der Waals surface area contributed by atoms with E-state index in [0.717, 1.165) is 17.7 Å². The fourth-order valence-corrected chi connectivity index (χ4v) is 2.13. The molecular weight excluding hydrogens is 337 g/mol. The van der Waals surface area contributed by atoms with E-state index in [1.165, 1.54) is 25.1 Å². The summed E-state index contributed by atoms with van der Waals surface area (Å²) in [6.45, 7) is 3.13. The normalized spacial score (nSPS) is 11.7. The number of esters is 1. The number of aryl methyl sites for hydroxylation is 1. The van der Waals surface area contributed by atoms with Crippen molar-refractivity contribution in [2.24, 2.45) is 0 Å². The molecule has 0 bridgehead atoms. The molecule has 0 saturated heterocycles. The van der Waals surface area contributed by atoms with E-state index in [1.54, 1.807) is 13.0 Å². The summed E-state index contributed by atoms with van der Waals surface area (Å²) in [4.78, 5) is 24.1. The predicted molar refractivity (Wildman–Crippen MR) is 87.8 cm³/mol. The minimum Gasteiger partial charge on any atom is -0.507 e. The Bertz CT molecular complexity index is 794. The van der Waals surface area contributed by atoms with Crippen LogP contribution in [0.3, 0.4) is 0 Å². The van der Waals surface area contributed by atoms with E-state index in [0.29, 0.717) is 0 Å². The highest BCUT2D eigenvalue weighted by Gasteiger charge is 2.21. The molecule has 0 aliphatic carbocycles. The summed E-state index contributed by atoms with van der Waals surface area (Å²) in [5.41, 5.74) is 0.935. The van der Waals surface area contributed by atoms with Crippen LogP contribution in [-0.2, 0) is 9.53 Å². The molecule has 2 aromatic rings. The van der Waals surface area contributed by atoms with E-state index in [4.69, 9.17) is 16.3 Å². The number of ether oxygens (including phenoxy) is 1. The second kappa shape index (κ2) is 7.31.